The van der Waals surface area contributed by atoms with E-state index in [1.165, 1.54) is 23.4 Å². The molecule has 2 rings (SSSR count). The van der Waals surface area contributed by atoms with Crippen molar-refractivity contribution < 1.29 is 9.13 Å². The van der Waals surface area contributed by atoms with Crippen LogP contribution in [0.2, 0.25) is 0 Å². The monoisotopic (exact) mass is 503 g/mol. The number of guanidine groups is 1. The van der Waals surface area contributed by atoms with Gasteiger partial charge in [-0.25, -0.2) is 9.38 Å². The van der Waals surface area contributed by atoms with Gasteiger partial charge in [-0.15, -0.1) is 24.0 Å². The highest BCUT2D eigenvalue weighted by Crippen LogP contribution is 2.14. The molecule has 28 heavy (non-hydrogen) atoms. The molecule has 2 N–H and O–H groups in total. The first-order valence-corrected chi connectivity index (χ1v) is 9.33. The van der Waals surface area contributed by atoms with Crippen molar-refractivity contribution in [1.82, 2.24) is 20.4 Å². The molecule has 1 atom stereocenters. The SMILES string of the molecule is CCNC(=NCCOc1cccc(F)c1)NC(C)Cc1c(C)nn(C)c1C.I. The lowest BCUT2D eigenvalue weighted by Crippen LogP contribution is -2.43. The van der Waals surface area contributed by atoms with Crippen molar-refractivity contribution in [2.45, 2.75) is 40.2 Å². The van der Waals surface area contributed by atoms with Crippen LogP contribution in [-0.2, 0) is 13.5 Å². The van der Waals surface area contributed by atoms with E-state index < -0.39 is 0 Å². The summed E-state index contributed by atoms with van der Waals surface area (Å²) in [6.07, 6.45) is 0.871. The lowest BCUT2D eigenvalue weighted by molar-refractivity contribution is 0.326. The lowest BCUT2D eigenvalue weighted by Gasteiger charge is -2.18. The molecule has 0 saturated carbocycles. The molecule has 0 fully saturated rings. The van der Waals surface area contributed by atoms with E-state index in [0.717, 1.165) is 24.6 Å². The smallest absolute Gasteiger partial charge is 0.191 e. The van der Waals surface area contributed by atoms with Gasteiger partial charge in [0, 0.05) is 31.4 Å². The van der Waals surface area contributed by atoms with Crippen molar-refractivity contribution in [1.29, 1.82) is 0 Å². The molecule has 1 unspecified atom stereocenters. The van der Waals surface area contributed by atoms with Crippen LogP contribution in [0.4, 0.5) is 4.39 Å². The van der Waals surface area contributed by atoms with Gasteiger partial charge in [0.05, 0.1) is 12.2 Å². The minimum absolute atomic E-state index is 0. The maximum absolute atomic E-state index is 13.2. The topological polar surface area (TPSA) is 63.5 Å². The molecule has 0 spiro atoms. The third-order valence-corrected chi connectivity index (χ3v) is 4.32. The van der Waals surface area contributed by atoms with Gasteiger partial charge in [0.2, 0.25) is 0 Å². The molecule has 0 aliphatic rings. The van der Waals surface area contributed by atoms with Gasteiger partial charge in [-0.1, -0.05) is 6.07 Å². The van der Waals surface area contributed by atoms with Gasteiger partial charge in [-0.3, -0.25) is 4.68 Å². The second-order valence-electron chi connectivity index (χ2n) is 6.59. The predicted octanol–water partition coefficient (Wildman–Crippen LogP) is 3.36. The fourth-order valence-corrected chi connectivity index (χ4v) is 2.90. The third kappa shape index (κ3) is 7.29. The zero-order valence-electron chi connectivity index (χ0n) is 17.3. The first-order valence-electron chi connectivity index (χ1n) is 9.33. The largest absolute Gasteiger partial charge is 0.492 e. The molecular formula is C20H31FIN5O. The fraction of sp³-hybridized carbons (Fsp3) is 0.500. The molecule has 2 aromatic rings. The summed E-state index contributed by atoms with van der Waals surface area (Å²) in [4.78, 5) is 4.54. The number of nitrogens with one attached hydrogen (secondary N) is 2. The van der Waals surface area contributed by atoms with Crippen LogP contribution in [0.5, 0.6) is 5.75 Å². The number of ether oxygens (including phenoxy) is 1. The van der Waals surface area contributed by atoms with Crippen LogP contribution in [-0.4, -0.2) is 41.5 Å². The Labute approximate surface area is 184 Å². The second-order valence-corrected chi connectivity index (χ2v) is 6.59. The van der Waals surface area contributed by atoms with Gasteiger partial charge in [0.1, 0.15) is 18.2 Å². The van der Waals surface area contributed by atoms with Gasteiger partial charge in [0.25, 0.3) is 0 Å². The van der Waals surface area contributed by atoms with E-state index >= 15 is 0 Å². The minimum Gasteiger partial charge on any atom is -0.492 e. The summed E-state index contributed by atoms with van der Waals surface area (Å²) in [7, 11) is 1.97. The summed E-state index contributed by atoms with van der Waals surface area (Å²) in [5.41, 5.74) is 3.52. The number of aryl methyl sites for hydroxylation is 2. The normalized spacial score (nSPS) is 12.3. The van der Waals surface area contributed by atoms with Crippen molar-refractivity contribution in [3.63, 3.8) is 0 Å². The molecule has 0 amide bonds. The van der Waals surface area contributed by atoms with E-state index in [-0.39, 0.29) is 35.8 Å². The van der Waals surface area contributed by atoms with Crippen LogP contribution in [0, 0.1) is 19.7 Å². The standard InChI is InChI=1S/C20H30FN5O.HI/c1-6-22-20(23-10-11-27-18-9-7-8-17(21)13-18)24-14(2)12-19-15(3)25-26(5)16(19)4;/h7-9,13-14H,6,10-12H2,1-5H3,(H2,22,23,24);1H. The molecular weight excluding hydrogens is 472 g/mol. The van der Waals surface area contributed by atoms with Gasteiger partial charge < -0.3 is 15.4 Å². The number of aromatic nitrogens is 2. The van der Waals surface area contributed by atoms with E-state index in [4.69, 9.17) is 4.74 Å². The average molecular weight is 503 g/mol. The lowest BCUT2D eigenvalue weighted by atomic mass is 10.1. The quantitative estimate of drug-likeness (QED) is 0.251. The Morgan fingerprint density at radius 3 is 2.71 bits per heavy atom. The van der Waals surface area contributed by atoms with Crippen LogP contribution in [0.1, 0.15) is 30.8 Å². The highest BCUT2D eigenvalue weighted by atomic mass is 127. The van der Waals surface area contributed by atoms with Gasteiger partial charge in [0.15, 0.2) is 5.96 Å². The Balaban J connectivity index is 0.00000392. The number of halogens is 2. The Kier molecular flexibility index (Phi) is 10.3. The zero-order valence-corrected chi connectivity index (χ0v) is 19.6. The highest BCUT2D eigenvalue weighted by Gasteiger charge is 2.13. The van der Waals surface area contributed by atoms with Crippen LogP contribution in [0.3, 0.4) is 0 Å². The zero-order chi connectivity index (χ0) is 19.8. The number of benzene rings is 1. The molecule has 0 aliphatic carbocycles. The van der Waals surface area contributed by atoms with Crippen LogP contribution in [0.15, 0.2) is 29.3 Å². The third-order valence-electron chi connectivity index (χ3n) is 4.32. The molecule has 0 radical (unpaired) electrons. The molecule has 8 heteroatoms. The van der Waals surface area contributed by atoms with Crippen LogP contribution < -0.4 is 15.4 Å². The van der Waals surface area contributed by atoms with Gasteiger partial charge in [-0.2, -0.15) is 5.10 Å². The summed E-state index contributed by atoms with van der Waals surface area (Å²) in [6, 6.07) is 6.33. The summed E-state index contributed by atoms with van der Waals surface area (Å²) in [5.74, 6) is 0.951. The molecule has 6 nitrogen and oxygen atoms in total. The van der Waals surface area contributed by atoms with E-state index in [9.17, 15) is 4.39 Å². The van der Waals surface area contributed by atoms with Crippen LogP contribution in [0.25, 0.3) is 0 Å². The molecule has 0 bridgehead atoms. The van der Waals surface area contributed by atoms with Crippen molar-refractivity contribution in [2.75, 3.05) is 19.7 Å². The summed E-state index contributed by atoms with van der Waals surface area (Å²) >= 11 is 0. The summed E-state index contributed by atoms with van der Waals surface area (Å²) in [6.45, 7) is 9.92. The van der Waals surface area contributed by atoms with E-state index in [1.54, 1.807) is 12.1 Å². The molecule has 0 saturated heterocycles. The van der Waals surface area contributed by atoms with Crippen LogP contribution >= 0.6 is 24.0 Å². The average Bonchev–Trinajstić information content (AvgIpc) is 2.85. The number of rotatable bonds is 8. The van der Waals surface area contributed by atoms with E-state index in [1.807, 2.05) is 25.6 Å². The van der Waals surface area contributed by atoms with E-state index in [2.05, 4.69) is 34.6 Å². The maximum atomic E-state index is 13.2. The number of hydrogen-bond donors (Lipinski definition) is 2. The number of hydrogen-bond acceptors (Lipinski definition) is 3. The number of aliphatic imine (C=N–C) groups is 1. The number of nitrogens with zero attached hydrogens (tertiary/aromatic N) is 3. The van der Waals surface area contributed by atoms with Gasteiger partial charge >= 0.3 is 0 Å². The first kappa shape index (κ1) is 24.2. The van der Waals surface area contributed by atoms with Crippen molar-refractivity contribution in [3.05, 3.63) is 47.0 Å². The second kappa shape index (κ2) is 11.9. The van der Waals surface area contributed by atoms with Crippen molar-refractivity contribution in [2.24, 2.45) is 12.0 Å². The maximum Gasteiger partial charge on any atom is 0.191 e. The molecule has 156 valence electrons. The molecule has 1 aromatic carbocycles. The Hall–Kier alpha value is -1.84. The Morgan fingerprint density at radius 2 is 2.11 bits per heavy atom. The van der Waals surface area contributed by atoms with E-state index in [0.29, 0.717) is 18.9 Å². The summed E-state index contributed by atoms with van der Waals surface area (Å²) < 4.78 is 20.6. The summed E-state index contributed by atoms with van der Waals surface area (Å²) in [5, 5.41) is 11.1. The highest BCUT2D eigenvalue weighted by molar-refractivity contribution is 14.0. The molecule has 1 heterocycles. The Bertz CT molecular complexity index is 778. The minimum atomic E-state index is -0.305. The van der Waals surface area contributed by atoms with Crippen molar-refractivity contribution in [3.8, 4) is 5.75 Å². The first-order chi connectivity index (χ1) is 12.9. The fourth-order valence-electron chi connectivity index (χ4n) is 2.90. The molecule has 1 aromatic heterocycles. The predicted molar refractivity (Wildman–Crippen MR) is 122 cm³/mol. The van der Waals surface area contributed by atoms with Crippen molar-refractivity contribution >= 4 is 29.9 Å². The van der Waals surface area contributed by atoms with Gasteiger partial charge in [-0.05, 0) is 51.8 Å². The Morgan fingerprint density at radius 1 is 1.36 bits per heavy atom. The molecule has 0 aliphatic heterocycles.